The molecule has 0 aliphatic rings. The van der Waals surface area contributed by atoms with Crippen molar-refractivity contribution in [3.8, 4) is 6.07 Å². The number of ether oxygens (including phenoxy) is 1. The smallest absolute Gasteiger partial charge is 0.341 e. The van der Waals surface area contributed by atoms with Crippen molar-refractivity contribution >= 4 is 45.2 Å². The van der Waals surface area contributed by atoms with Crippen LogP contribution in [0.2, 0.25) is 0 Å². The van der Waals surface area contributed by atoms with Gasteiger partial charge in [0.25, 0.3) is 5.91 Å². The number of nitrogens with one attached hydrogen (secondary N) is 2. The van der Waals surface area contributed by atoms with Crippen molar-refractivity contribution in [2.45, 2.75) is 20.0 Å². The Labute approximate surface area is 160 Å². The van der Waals surface area contributed by atoms with E-state index in [9.17, 15) is 14.9 Å². The molecule has 136 valence electrons. The molecule has 2 aromatic heterocycles. The van der Waals surface area contributed by atoms with Gasteiger partial charge in [0.15, 0.2) is 0 Å². The van der Waals surface area contributed by atoms with Gasteiger partial charge < -0.3 is 15.0 Å². The zero-order valence-corrected chi connectivity index (χ0v) is 15.6. The van der Waals surface area contributed by atoms with Gasteiger partial charge in [-0.1, -0.05) is 18.2 Å². The number of benzene rings is 1. The van der Waals surface area contributed by atoms with Gasteiger partial charge in [-0.25, -0.2) is 4.79 Å². The molecule has 1 amide bonds. The van der Waals surface area contributed by atoms with E-state index in [0.717, 1.165) is 16.5 Å². The Bertz CT molecular complexity index is 1070. The Kier molecular flexibility index (Phi) is 5.38. The number of hydrogen-bond acceptors (Lipinski definition) is 5. The molecule has 0 saturated carbocycles. The molecule has 2 N–H and O–H groups in total. The van der Waals surface area contributed by atoms with E-state index in [-0.39, 0.29) is 17.2 Å². The van der Waals surface area contributed by atoms with Crippen molar-refractivity contribution in [2.24, 2.45) is 0 Å². The lowest BCUT2D eigenvalue weighted by molar-refractivity contribution is -0.112. The Morgan fingerprint density at radius 3 is 2.81 bits per heavy atom. The highest BCUT2D eigenvalue weighted by Crippen LogP contribution is 2.26. The van der Waals surface area contributed by atoms with E-state index in [2.05, 4.69) is 10.3 Å². The van der Waals surface area contributed by atoms with Crippen LogP contribution >= 0.6 is 11.3 Å². The van der Waals surface area contributed by atoms with Crippen LogP contribution in [-0.2, 0) is 9.53 Å². The van der Waals surface area contributed by atoms with Crippen LogP contribution in [0.1, 0.15) is 29.8 Å². The molecule has 0 radical (unpaired) electrons. The van der Waals surface area contributed by atoms with Gasteiger partial charge in [0.1, 0.15) is 16.6 Å². The zero-order chi connectivity index (χ0) is 19.4. The van der Waals surface area contributed by atoms with Crippen molar-refractivity contribution in [3.63, 3.8) is 0 Å². The first-order chi connectivity index (χ1) is 13.0. The summed E-state index contributed by atoms with van der Waals surface area (Å²) in [7, 11) is 0. The molecule has 27 heavy (non-hydrogen) atoms. The summed E-state index contributed by atoms with van der Waals surface area (Å²) in [6.45, 7) is 3.50. The highest BCUT2D eigenvalue weighted by molar-refractivity contribution is 7.14. The standard InChI is InChI=1S/C20H17N3O3S/c1-12(2)26-20(25)16-7-8-27-19(16)23-18(24)13(10-21)9-14-11-22-17-6-4-3-5-15(14)17/h3-9,11-12,22H,1-2H3,(H,23,24)/b13-9+. The Morgan fingerprint density at radius 1 is 1.30 bits per heavy atom. The first-order valence-electron chi connectivity index (χ1n) is 8.27. The number of nitriles is 1. The maximum absolute atomic E-state index is 12.5. The van der Waals surface area contributed by atoms with Gasteiger partial charge in [-0.15, -0.1) is 11.3 Å². The summed E-state index contributed by atoms with van der Waals surface area (Å²) < 4.78 is 5.17. The Morgan fingerprint density at radius 2 is 2.07 bits per heavy atom. The van der Waals surface area contributed by atoms with Crippen molar-refractivity contribution < 1.29 is 14.3 Å². The minimum atomic E-state index is -0.580. The maximum atomic E-state index is 12.5. The van der Waals surface area contributed by atoms with E-state index in [1.54, 1.807) is 31.5 Å². The molecule has 0 spiro atoms. The molecule has 0 fully saturated rings. The number of carbonyl (C=O) groups is 2. The van der Waals surface area contributed by atoms with E-state index in [1.807, 2.05) is 30.3 Å². The molecular weight excluding hydrogens is 362 g/mol. The summed E-state index contributed by atoms with van der Waals surface area (Å²) >= 11 is 1.20. The van der Waals surface area contributed by atoms with E-state index < -0.39 is 11.9 Å². The second-order valence-corrected chi connectivity index (χ2v) is 6.95. The molecule has 2 heterocycles. The quantitative estimate of drug-likeness (QED) is 0.392. The lowest BCUT2D eigenvalue weighted by Gasteiger charge is -2.09. The molecule has 1 aromatic carbocycles. The van der Waals surface area contributed by atoms with Crippen molar-refractivity contribution in [1.29, 1.82) is 5.26 Å². The largest absolute Gasteiger partial charge is 0.459 e. The maximum Gasteiger partial charge on any atom is 0.341 e. The summed E-state index contributed by atoms with van der Waals surface area (Å²) in [6, 6.07) is 11.1. The molecular formula is C20H17N3O3S. The summed E-state index contributed by atoms with van der Waals surface area (Å²) in [5, 5.41) is 15.0. The molecule has 3 rings (SSSR count). The minimum Gasteiger partial charge on any atom is -0.459 e. The predicted octanol–water partition coefficient (Wildman–Crippen LogP) is 4.34. The second kappa shape index (κ2) is 7.89. The first kappa shape index (κ1) is 18.4. The van der Waals surface area contributed by atoms with E-state index in [1.165, 1.54) is 17.4 Å². The molecule has 7 heteroatoms. The van der Waals surface area contributed by atoms with E-state index in [0.29, 0.717) is 5.00 Å². The van der Waals surface area contributed by atoms with Crippen LogP contribution < -0.4 is 5.32 Å². The number of carbonyl (C=O) groups excluding carboxylic acids is 2. The van der Waals surface area contributed by atoms with Crippen molar-refractivity contribution in [2.75, 3.05) is 5.32 Å². The van der Waals surface area contributed by atoms with Crippen LogP contribution in [0, 0.1) is 11.3 Å². The number of thiophene rings is 1. The molecule has 0 bridgehead atoms. The molecule has 0 aliphatic heterocycles. The van der Waals surface area contributed by atoms with Crippen LogP contribution in [0.5, 0.6) is 0 Å². The second-order valence-electron chi connectivity index (χ2n) is 6.03. The summed E-state index contributed by atoms with van der Waals surface area (Å²) in [5.41, 5.74) is 1.86. The van der Waals surface area contributed by atoms with Gasteiger partial charge in [-0.2, -0.15) is 5.26 Å². The van der Waals surface area contributed by atoms with Gasteiger partial charge in [-0.05, 0) is 37.4 Å². The third-order valence-corrected chi connectivity index (χ3v) is 4.57. The van der Waals surface area contributed by atoms with Crippen LogP contribution in [0.15, 0.2) is 47.5 Å². The molecule has 0 unspecified atom stereocenters. The van der Waals surface area contributed by atoms with Gasteiger partial charge >= 0.3 is 5.97 Å². The van der Waals surface area contributed by atoms with Crippen molar-refractivity contribution in [3.05, 3.63) is 58.6 Å². The fraction of sp³-hybridized carbons (Fsp3) is 0.150. The number of H-pyrrole nitrogens is 1. The van der Waals surface area contributed by atoms with Crippen LogP contribution in [0.25, 0.3) is 17.0 Å². The lowest BCUT2D eigenvalue weighted by Crippen LogP contribution is -2.17. The number of aromatic nitrogens is 1. The highest BCUT2D eigenvalue weighted by Gasteiger charge is 2.19. The average Bonchev–Trinajstić information content (AvgIpc) is 3.26. The van der Waals surface area contributed by atoms with Gasteiger partial charge in [0, 0.05) is 22.7 Å². The monoisotopic (exact) mass is 379 g/mol. The number of para-hydroxylation sites is 1. The summed E-state index contributed by atoms with van der Waals surface area (Å²) in [5.74, 6) is -1.09. The number of anilines is 1. The predicted molar refractivity (Wildman–Crippen MR) is 105 cm³/mol. The lowest BCUT2D eigenvalue weighted by atomic mass is 10.1. The third-order valence-electron chi connectivity index (χ3n) is 3.74. The number of aromatic amines is 1. The zero-order valence-electron chi connectivity index (χ0n) is 14.8. The fourth-order valence-corrected chi connectivity index (χ4v) is 3.30. The number of nitrogens with zero attached hydrogens (tertiary/aromatic N) is 1. The van der Waals surface area contributed by atoms with Crippen molar-refractivity contribution in [1.82, 2.24) is 4.98 Å². The third kappa shape index (κ3) is 4.07. The van der Waals surface area contributed by atoms with E-state index >= 15 is 0 Å². The molecule has 3 aromatic rings. The Hall–Kier alpha value is -3.37. The molecule has 6 nitrogen and oxygen atoms in total. The van der Waals surface area contributed by atoms with Gasteiger partial charge in [0.05, 0.1) is 11.7 Å². The van der Waals surface area contributed by atoms with E-state index in [4.69, 9.17) is 4.74 Å². The average molecular weight is 379 g/mol. The summed E-state index contributed by atoms with van der Waals surface area (Å²) in [4.78, 5) is 27.8. The summed E-state index contributed by atoms with van der Waals surface area (Å²) in [6.07, 6.45) is 3.00. The number of rotatable bonds is 5. The molecule has 0 saturated heterocycles. The number of esters is 1. The number of amides is 1. The van der Waals surface area contributed by atoms with Crippen LogP contribution in [-0.4, -0.2) is 23.0 Å². The normalized spacial score (nSPS) is 11.4. The topological polar surface area (TPSA) is 95.0 Å². The Balaban J connectivity index is 1.84. The van der Waals surface area contributed by atoms with Crippen LogP contribution in [0.3, 0.4) is 0 Å². The fourth-order valence-electron chi connectivity index (χ4n) is 2.53. The number of hydrogen-bond donors (Lipinski definition) is 2. The SMILES string of the molecule is CC(C)OC(=O)c1ccsc1NC(=O)/C(C#N)=C/c1c[nH]c2ccccc12. The van der Waals surface area contributed by atoms with Gasteiger partial charge in [0.2, 0.25) is 0 Å². The highest BCUT2D eigenvalue weighted by atomic mass is 32.1. The minimum absolute atomic E-state index is 0.0590. The first-order valence-corrected chi connectivity index (χ1v) is 9.15. The molecule has 0 atom stereocenters. The van der Waals surface area contributed by atoms with Crippen LogP contribution in [0.4, 0.5) is 5.00 Å². The van der Waals surface area contributed by atoms with Gasteiger partial charge in [-0.3, -0.25) is 4.79 Å². The molecule has 0 aliphatic carbocycles. The number of fused-ring (bicyclic) bond motifs is 1.